The molecule has 0 aliphatic rings. The molecular weight excluding hydrogens is 272 g/mol. The summed E-state index contributed by atoms with van der Waals surface area (Å²) in [6.45, 7) is 0.222. The second kappa shape index (κ2) is 6.96. The van der Waals surface area contributed by atoms with Crippen LogP contribution in [0.15, 0.2) is 53.7 Å². The number of benzene rings is 1. The smallest absolute Gasteiger partial charge is 0.414 e. The van der Waals surface area contributed by atoms with Gasteiger partial charge in [-0.2, -0.15) is 0 Å². The highest BCUT2D eigenvalue weighted by atomic mass is 32.2. The molecule has 0 aliphatic heterocycles. The number of amides is 1. The van der Waals surface area contributed by atoms with E-state index in [4.69, 9.17) is 4.74 Å². The van der Waals surface area contributed by atoms with Gasteiger partial charge in [0, 0.05) is 35.6 Å². The zero-order chi connectivity index (χ0) is 14.4. The van der Waals surface area contributed by atoms with Gasteiger partial charge >= 0.3 is 6.09 Å². The number of hydrogen-bond donors (Lipinski definition) is 0. The molecule has 0 atom stereocenters. The lowest BCUT2D eigenvalue weighted by Crippen LogP contribution is -2.26. The van der Waals surface area contributed by atoms with Crippen LogP contribution in [0.2, 0.25) is 0 Å². The van der Waals surface area contributed by atoms with Gasteiger partial charge in [0.15, 0.2) is 0 Å². The number of carbonyl (C=O) groups excluding carboxylic acids is 1. The first-order valence-electron chi connectivity index (χ1n) is 6.14. The topological polar surface area (TPSA) is 42.4 Å². The molecule has 0 bridgehead atoms. The van der Waals surface area contributed by atoms with Gasteiger partial charge in [-0.15, -0.1) is 11.8 Å². The highest BCUT2D eigenvalue weighted by molar-refractivity contribution is 7.98. The van der Waals surface area contributed by atoms with Crippen LogP contribution >= 0.6 is 11.8 Å². The minimum Gasteiger partial charge on any atom is -0.444 e. The van der Waals surface area contributed by atoms with Crippen LogP contribution < -0.4 is 4.90 Å². The second-order valence-corrected chi connectivity index (χ2v) is 5.05. The Morgan fingerprint density at radius 1 is 1.30 bits per heavy atom. The molecule has 1 aromatic heterocycles. The molecule has 0 N–H and O–H groups in total. The van der Waals surface area contributed by atoms with Crippen LogP contribution in [0.5, 0.6) is 0 Å². The first-order chi connectivity index (χ1) is 9.70. The van der Waals surface area contributed by atoms with Crippen molar-refractivity contribution < 1.29 is 9.53 Å². The largest absolute Gasteiger partial charge is 0.444 e. The fourth-order valence-electron chi connectivity index (χ4n) is 1.64. The van der Waals surface area contributed by atoms with E-state index in [2.05, 4.69) is 4.98 Å². The van der Waals surface area contributed by atoms with E-state index >= 15 is 0 Å². The molecule has 0 saturated carbocycles. The summed E-state index contributed by atoms with van der Waals surface area (Å²) in [5.41, 5.74) is 1.67. The van der Waals surface area contributed by atoms with Crippen LogP contribution in [0.25, 0.3) is 0 Å². The van der Waals surface area contributed by atoms with E-state index in [9.17, 15) is 4.79 Å². The number of ether oxygens (including phenoxy) is 1. The Labute approximate surface area is 122 Å². The van der Waals surface area contributed by atoms with Gasteiger partial charge < -0.3 is 4.74 Å². The molecule has 5 heteroatoms. The molecule has 0 spiro atoms. The summed E-state index contributed by atoms with van der Waals surface area (Å²) in [6, 6.07) is 11.4. The first-order valence-corrected chi connectivity index (χ1v) is 7.36. The quantitative estimate of drug-likeness (QED) is 0.807. The highest BCUT2D eigenvalue weighted by Crippen LogP contribution is 2.20. The molecule has 2 aromatic rings. The summed E-state index contributed by atoms with van der Waals surface area (Å²) in [5.74, 6) is 0. The van der Waals surface area contributed by atoms with Crippen LogP contribution in [0.4, 0.5) is 10.5 Å². The van der Waals surface area contributed by atoms with E-state index in [0.29, 0.717) is 0 Å². The minimum atomic E-state index is -0.384. The van der Waals surface area contributed by atoms with Crippen LogP contribution in [0.1, 0.15) is 5.56 Å². The maximum Gasteiger partial charge on any atom is 0.414 e. The Morgan fingerprint density at radius 2 is 2.05 bits per heavy atom. The average molecular weight is 288 g/mol. The maximum absolute atomic E-state index is 11.9. The van der Waals surface area contributed by atoms with E-state index in [0.717, 1.165) is 16.1 Å². The molecule has 1 amide bonds. The molecule has 1 aromatic carbocycles. The van der Waals surface area contributed by atoms with Gasteiger partial charge in [-0.1, -0.05) is 6.07 Å². The van der Waals surface area contributed by atoms with E-state index in [1.54, 1.807) is 31.2 Å². The summed E-state index contributed by atoms with van der Waals surface area (Å²) in [5, 5.41) is 0. The van der Waals surface area contributed by atoms with Gasteiger partial charge in [-0.25, -0.2) is 4.79 Å². The summed E-state index contributed by atoms with van der Waals surface area (Å²) >= 11 is 1.66. The number of pyridine rings is 1. The van der Waals surface area contributed by atoms with Gasteiger partial charge in [-0.05, 0) is 36.6 Å². The number of nitrogens with zero attached hydrogens (tertiary/aromatic N) is 2. The lowest BCUT2D eigenvalue weighted by Gasteiger charge is -2.17. The molecule has 0 radical (unpaired) electrons. The van der Waals surface area contributed by atoms with Gasteiger partial charge in [0.25, 0.3) is 0 Å². The molecule has 1 heterocycles. The highest BCUT2D eigenvalue weighted by Gasteiger charge is 2.12. The summed E-state index contributed by atoms with van der Waals surface area (Å²) in [6.07, 6.45) is 5.00. The fraction of sp³-hybridized carbons (Fsp3) is 0.200. The average Bonchev–Trinajstić information content (AvgIpc) is 2.53. The number of aromatic nitrogens is 1. The molecule has 0 saturated heterocycles. The van der Waals surface area contributed by atoms with Gasteiger partial charge in [-0.3, -0.25) is 9.88 Å². The van der Waals surface area contributed by atoms with Crippen LogP contribution in [-0.4, -0.2) is 24.4 Å². The Bertz CT molecular complexity index is 558. The third kappa shape index (κ3) is 3.74. The molecule has 104 valence electrons. The third-order valence-corrected chi connectivity index (χ3v) is 3.56. The normalized spacial score (nSPS) is 10.1. The zero-order valence-electron chi connectivity index (χ0n) is 11.4. The second-order valence-electron chi connectivity index (χ2n) is 4.17. The number of hydrogen-bond acceptors (Lipinski definition) is 4. The van der Waals surface area contributed by atoms with Crippen molar-refractivity contribution in [1.82, 2.24) is 4.98 Å². The standard InChI is InChI=1S/C15H16N2O2S/c1-17(13-5-7-14(20-2)8-6-13)15(18)19-11-12-4-3-9-16-10-12/h3-10H,11H2,1-2H3. The molecule has 20 heavy (non-hydrogen) atoms. The summed E-state index contributed by atoms with van der Waals surface area (Å²) < 4.78 is 5.24. The molecule has 0 aliphatic carbocycles. The van der Waals surface area contributed by atoms with Crippen molar-refractivity contribution in [3.63, 3.8) is 0 Å². The lowest BCUT2D eigenvalue weighted by atomic mass is 10.3. The van der Waals surface area contributed by atoms with Crippen LogP contribution in [-0.2, 0) is 11.3 Å². The van der Waals surface area contributed by atoms with Gasteiger partial charge in [0.1, 0.15) is 6.61 Å². The molecular formula is C15H16N2O2S. The summed E-state index contributed by atoms with van der Waals surface area (Å²) in [7, 11) is 1.69. The SMILES string of the molecule is CSc1ccc(N(C)C(=O)OCc2cccnc2)cc1. The number of anilines is 1. The monoisotopic (exact) mass is 288 g/mol. The van der Waals surface area contributed by atoms with Crippen molar-refractivity contribution >= 4 is 23.5 Å². The molecule has 0 unspecified atom stereocenters. The molecule has 0 fully saturated rings. The Kier molecular flexibility index (Phi) is 5.01. The van der Waals surface area contributed by atoms with Crippen molar-refractivity contribution in [2.45, 2.75) is 11.5 Å². The van der Waals surface area contributed by atoms with Crippen molar-refractivity contribution in [2.75, 3.05) is 18.2 Å². The minimum absolute atomic E-state index is 0.222. The maximum atomic E-state index is 11.9. The summed E-state index contributed by atoms with van der Waals surface area (Å²) in [4.78, 5) is 18.6. The Morgan fingerprint density at radius 3 is 2.65 bits per heavy atom. The lowest BCUT2D eigenvalue weighted by molar-refractivity contribution is 0.148. The van der Waals surface area contributed by atoms with Crippen molar-refractivity contribution in [3.8, 4) is 0 Å². The van der Waals surface area contributed by atoms with E-state index in [-0.39, 0.29) is 12.7 Å². The van der Waals surface area contributed by atoms with Crippen LogP contribution in [0, 0.1) is 0 Å². The number of carbonyl (C=O) groups is 1. The zero-order valence-corrected chi connectivity index (χ0v) is 12.3. The van der Waals surface area contributed by atoms with Gasteiger partial charge in [0.2, 0.25) is 0 Å². The third-order valence-electron chi connectivity index (χ3n) is 2.82. The molecule has 4 nitrogen and oxygen atoms in total. The van der Waals surface area contributed by atoms with E-state index < -0.39 is 0 Å². The van der Waals surface area contributed by atoms with Crippen molar-refractivity contribution in [3.05, 3.63) is 54.4 Å². The molecule has 2 rings (SSSR count). The Balaban J connectivity index is 1.94. The van der Waals surface area contributed by atoms with E-state index in [1.165, 1.54) is 4.90 Å². The number of rotatable bonds is 4. The number of thioether (sulfide) groups is 1. The fourth-order valence-corrected chi connectivity index (χ4v) is 2.04. The van der Waals surface area contributed by atoms with Gasteiger partial charge in [0.05, 0.1) is 0 Å². The first kappa shape index (κ1) is 14.4. The van der Waals surface area contributed by atoms with Crippen molar-refractivity contribution in [1.29, 1.82) is 0 Å². The van der Waals surface area contributed by atoms with Crippen LogP contribution in [0.3, 0.4) is 0 Å². The van der Waals surface area contributed by atoms with Crippen molar-refractivity contribution in [2.24, 2.45) is 0 Å². The van der Waals surface area contributed by atoms with E-state index in [1.807, 2.05) is 42.7 Å². The predicted molar refractivity (Wildman–Crippen MR) is 81.0 cm³/mol. The Hall–Kier alpha value is -2.01. The predicted octanol–water partition coefficient (Wildman–Crippen LogP) is 3.58.